The third kappa shape index (κ3) is 4.11. The fourth-order valence-corrected chi connectivity index (χ4v) is 3.31. The van der Waals surface area contributed by atoms with Crippen molar-refractivity contribution < 1.29 is 24.8 Å². The number of anilines is 2. The van der Waals surface area contributed by atoms with Crippen LogP contribution >= 0.6 is 0 Å². The van der Waals surface area contributed by atoms with Crippen molar-refractivity contribution in [3.63, 3.8) is 0 Å². The van der Waals surface area contributed by atoms with Crippen molar-refractivity contribution in [3.05, 3.63) is 48.8 Å². The van der Waals surface area contributed by atoms with Crippen LogP contribution in [0.3, 0.4) is 0 Å². The summed E-state index contributed by atoms with van der Waals surface area (Å²) in [5.41, 5.74) is 10.0. The molecule has 0 radical (unpaired) electrons. The zero-order valence-electron chi connectivity index (χ0n) is 16.9. The lowest BCUT2D eigenvalue weighted by Gasteiger charge is -2.18. The van der Waals surface area contributed by atoms with Gasteiger partial charge >= 0.3 is 0 Å². The Morgan fingerprint density at radius 1 is 1.25 bits per heavy atom. The van der Waals surface area contributed by atoms with Crippen molar-refractivity contribution in [2.75, 3.05) is 24.4 Å². The van der Waals surface area contributed by atoms with Gasteiger partial charge in [0, 0.05) is 0 Å². The van der Waals surface area contributed by atoms with Gasteiger partial charge in [-0.1, -0.05) is 12.7 Å². The van der Waals surface area contributed by atoms with Gasteiger partial charge in [-0.3, -0.25) is 4.57 Å². The number of hydrogen-bond acceptors (Lipinski definition) is 11. The quantitative estimate of drug-likeness (QED) is 0.182. The molecule has 1 saturated heterocycles. The first-order valence-corrected chi connectivity index (χ1v) is 9.77. The smallest absolute Gasteiger partial charge is 0.228 e. The van der Waals surface area contributed by atoms with Gasteiger partial charge in [0.25, 0.3) is 0 Å². The average molecular weight is 441 g/mol. The van der Waals surface area contributed by atoms with Gasteiger partial charge in [-0.15, -0.1) is 0 Å². The second-order valence-corrected chi connectivity index (χ2v) is 7.00. The normalized spacial score (nSPS) is 23.1. The van der Waals surface area contributed by atoms with E-state index >= 15 is 0 Å². The molecule has 6 N–H and O–H groups in total. The molecule has 1 aliphatic heterocycles. The van der Waals surface area contributed by atoms with Crippen LogP contribution in [0.5, 0.6) is 5.75 Å². The van der Waals surface area contributed by atoms with Gasteiger partial charge in [-0.05, 0) is 29.8 Å². The number of rotatable bonds is 8. The van der Waals surface area contributed by atoms with E-state index in [0.717, 1.165) is 5.56 Å². The predicted octanol–water partition coefficient (Wildman–Crippen LogP) is 0.0308. The minimum atomic E-state index is -1.34. The highest BCUT2D eigenvalue weighted by Gasteiger charge is 2.45. The molecule has 0 unspecified atom stereocenters. The van der Waals surface area contributed by atoms with Gasteiger partial charge in [0.1, 0.15) is 37.0 Å². The summed E-state index contributed by atoms with van der Waals surface area (Å²) in [5, 5.41) is 34.2. The molecule has 3 aromatic rings. The lowest BCUT2D eigenvalue weighted by Crippen LogP contribution is -2.33. The third-order valence-electron chi connectivity index (χ3n) is 4.90. The zero-order chi connectivity index (χ0) is 22.7. The molecule has 3 heterocycles. The summed E-state index contributed by atoms with van der Waals surface area (Å²) in [6, 6.07) is 7.25. The number of ether oxygens (including phenoxy) is 2. The van der Waals surface area contributed by atoms with Crippen molar-refractivity contribution in [3.8, 4) is 5.75 Å². The molecule has 12 heteroatoms. The second kappa shape index (κ2) is 9.28. The first-order chi connectivity index (χ1) is 15.5. The monoisotopic (exact) mass is 441 g/mol. The summed E-state index contributed by atoms with van der Waals surface area (Å²) in [6.45, 7) is 3.56. The van der Waals surface area contributed by atoms with Crippen LogP contribution in [0.15, 0.2) is 48.3 Å². The van der Waals surface area contributed by atoms with Gasteiger partial charge in [0.15, 0.2) is 23.2 Å². The topological polar surface area (TPSA) is 173 Å². The van der Waals surface area contributed by atoms with Crippen molar-refractivity contribution >= 4 is 29.1 Å². The molecule has 1 aromatic carbocycles. The number of hydrazone groups is 1. The summed E-state index contributed by atoms with van der Waals surface area (Å²) >= 11 is 0. The highest BCUT2D eigenvalue weighted by atomic mass is 16.6. The molecule has 0 saturated carbocycles. The van der Waals surface area contributed by atoms with E-state index < -0.39 is 31.1 Å². The number of aliphatic hydroxyl groups is 3. The van der Waals surface area contributed by atoms with E-state index in [-0.39, 0.29) is 22.9 Å². The number of nitrogens with one attached hydrogen (secondary N) is 1. The van der Waals surface area contributed by atoms with E-state index in [1.807, 2.05) is 12.1 Å². The van der Waals surface area contributed by atoms with Gasteiger partial charge < -0.3 is 30.5 Å². The van der Waals surface area contributed by atoms with E-state index in [1.54, 1.807) is 24.4 Å². The van der Waals surface area contributed by atoms with Gasteiger partial charge in [0.05, 0.1) is 12.8 Å². The average Bonchev–Trinajstić information content (AvgIpc) is 3.31. The summed E-state index contributed by atoms with van der Waals surface area (Å²) in [6.07, 6.45) is -0.207. The Hall–Kier alpha value is -3.58. The number of imidazole rings is 1. The standard InChI is InChI=1S/C20H23N7O5/c1-2-7-31-12-5-3-11(4-6-12)8-24-26-20-25-14-17(21)22-10-23-18(14)27(20)19-16(30)15(29)13(9-28)32-19/h2-6,8,10,13,15-16,19,28-30H,1,7,9H2,(H,25,26)(H2,21,22,23)/t13-,15+,16-,19-/m0/s1. The number of benzene rings is 1. The maximum atomic E-state index is 10.5. The van der Waals surface area contributed by atoms with E-state index in [4.69, 9.17) is 15.2 Å². The van der Waals surface area contributed by atoms with E-state index in [9.17, 15) is 15.3 Å². The number of fused-ring (bicyclic) bond motifs is 1. The largest absolute Gasteiger partial charge is 0.490 e. The third-order valence-corrected chi connectivity index (χ3v) is 4.90. The minimum Gasteiger partial charge on any atom is -0.490 e. The number of nitrogens with zero attached hydrogens (tertiary/aromatic N) is 5. The van der Waals surface area contributed by atoms with Crippen LogP contribution in [-0.2, 0) is 4.74 Å². The second-order valence-electron chi connectivity index (χ2n) is 7.00. The molecule has 4 atom stereocenters. The summed E-state index contributed by atoms with van der Waals surface area (Å²) in [4.78, 5) is 12.5. The molecule has 32 heavy (non-hydrogen) atoms. The van der Waals surface area contributed by atoms with E-state index in [0.29, 0.717) is 12.4 Å². The molecule has 168 valence electrons. The van der Waals surface area contributed by atoms with Crippen LogP contribution in [0.1, 0.15) is 11.8 Å². The highest BCUT2D eigenvalue weighted by molar-refractivity contribution is 5.84. The molecule has 0 bridgehead atoms. The summed E-state index contributed by atoms with van der Waals surface area (Å²) in [7, 11) is 0. The first kappa shape index (κ1) is 21.6. The van der Waals surface area contributed by atoms with E-state index in [2.05, 4.69) is 32.1 Å². The Kier molecular flexibility index (Phi) is 6.28. The maximum absolute atomic E-state index is 10.5. The summed E-state index contributed by atoms with van der Waals surface area (Å²) in [5.74, 6) is 0.988. The molecular weight excluding hydrogens is 418 g/mol. The number of aromatic nitrogens is 4. The van der Waals surface area contributed by atoms with Crippen LogP contribution in [-0.4, -0.2) is 72.6 Å². The minimum absolute atomic E-state index is 0.127. The molecule has 2 aromatic heterocycles. The number of nitrogens with two attached hydrogens (primary N) is 1. The van der Waals surface area contributed by atoms with Gasteiger partial charge in [-0.25, -0.2) is 20.4 Å². The SMILES string of the molecule is C=CCOc1ccc(C=NNc2nc3c(N)ncnc3n2[C@H]2O[C@@H](CO)[C@@H](O)[C@@H]2O)cc1. The Morgan fingerprint density at radius 3 is 2.72 bits per heavy atom. The van der Waals surface area contributed by atoms with Crippen LogP contribution < -0.4 is 15.9 Å². The number of aliphatic hydroxyl groups excluding tert-OH is 3. The van der Waals surface area contributed by atoms with Crippen molar-refractivity contribution in [2.45, 2.75) is 24.5 Å². The van der Waals surface area contributed by atoms with Crippen molar-refractivity contribution in [1.29, 1.82) is 0 Å². The Morgan fingerprint density at radius 2 is 2.03 bits per heavy atom. The Labute approximate surface area is 182 Å². The molecule has 1 aliphatic rings. The van der Waals surface area contributed by atoms with Gasteiger partial charge in [-0.2, -0.15) is 5.10 Å². The van der Waals surface area contributed by atoms with Crippen LogP contribution in [0.25, 0.3) is 11.2 Å². The predicted molar refractivity (Wildman–Crippen MR) is 116 cm³/mol. The van der Waals surface area contributed by atoms with Crippen LogP contribution in [0.4, 0.5) is 11.8 Å². The Balaban J connectivity index is 1.61. The Bertz CT molecular complexity index is 1120. The van der Waals surface area contributed by atoms with Crippen LogP contribution in [0, 0.1) is 0 Å². The molecule has 12 nitrogen and oxygen atoms in total. The highest BCUT2D eigenvalue weighted by Crippen LogP contribution is 2.35. The summed E-state index contributed by atoms with van der Waals surface area (Å²) < 4.78 is 12.5. The maximum Gasteiger partial charge on any atom is 0.228 e. The molecular formula is C20H23N7O5. The first-order valence-electron chi connectivity index (χ1n) is 9.77. The van der Waals surface area contributed by atoms with E-state index in [1.165, 1.54) is 10.9 Å². The molecule has 1 fully saturated rings. The zero-order valence-corrected chi connectivity index (χ0v) is 16.9. The number of nitrogen functional groups attached to an aromatic ring is 1. The molecule has 0 spiro atoms. The lowest BCUT2D eigenvalue weighted by molar-refractivity contribution is -0.0501. The molecule has 0 amide bonds. The van der Waals surface area contributed by atoms with Gasteiger partial charge in [0.2, 0.25) is 5.95 Å². The number of hydrogen-bond donors (Lipinski definition) is 5. The molecule has 0 aliphatic carbocycles. The molecule has 4 rings (SSSR count). The van der Waals surface area contributed by atoms with Crippen molar-refractivity contribution in [2.24, 2.45) is 5.10 Å². The van der Waals surface area contributed by atoms with Crippen molar-refractivity contribution in [1.82, 2.24) is 19.5 Å². The fraction of sp³-hybridized carbons (Fsp3) is 0.300. The fourth-order valence-electron chi connectivity index (χ4n) is 3.31. The van der Waals surface area contributed by atoms with Crippen LogP contribution in [0.2, 0.25) is 0 Å². The lowest BCUT2D eigenvalue weighted by atomic mass is 10.1.